The van der Waals surface area contributed by atoms with Gasteiger partial charge < -0.3 is 9.84 Å². The van der Waals surface area contributed by atoms with Gasteiger partial charge in [-0.25, -0.2) is 0 Å². The highest BCUT2D eigenvalue weighted by molar-refractivity contribution is 4.98. The van der Waals surface area contributed by atoms with Gasteiger partial charge in [0.25, 0.3) is 0 Å². The summed E-state index contributed by atoms with van der Waals surface area (Å²) >= 11 is 0. The minimum absolute atomic E-state index is 0.0660. The fraction of sp³-hybridized carbons (Fsp3) is 0.875. The second-order valence-electron chi connectivity index (χ2n) is 7.61. The van der Waals surface area contributed by atoms with Gasteiger partial charge in [0.15, 0.2) is 5.82 Å². The number of nitrogens with one attached hydrogen (secondary N) is 1. The Hall–Kier alpha value is -0.940. The summed E-state index contributed by atoms with van der Waals surface area (Å²) in [5, 5.41) is 7.81. The van der Waals surface area contributed by atoms with E-state index in [1.807, 2.05) is 0 Å². The van der Waals surface area contributed by atoms with Crippen LogP contribution in [0.25, 0.3) is 0 Å². The summed E-state index contributed by atoms with van der Waals surface area (Å²) in [6, 6.07) is 0.725. The quantitative estimate of drug-likeness (QED) is 0.926. The lowest BCUT2D eigenvalue weighted by molar-refractivity contribution is 0.141. The first kappa shape index (κ1) is 15.0. The zero-order valence-electron chi connectivity index (χ0n) is 13.6. The normalized spacial score (nSPS) is 28.1. The van der Waals surface area contributed by atoms with Crippen molar-refractivity contribution in [2.24, 2.45) is 5.92 Å². The third-order valence-electron chi connectivity index (χ3n) is 4.68. The number of piperidine rings is 1. The van der Waals surface area contributed by atoms with E-state index in [0.29, 0.717) is 0 Å². The molecule has 118 valence electrons. The molecule has 5 nitrogen and oxygen atoms in total. The number of hydrogen-bond donors (Lipinski definition) is 1. The third-order valence-corrected chi connectivity index (χ3v) is 4.68. The van der Waals surface area contributed by atoms with Crippen LogP contribution in [0.4, 0.5) is 0 Å². The number of aromatic nitrogens is 2. The van der Waals surface area contributed by atoms with E-state index in [-0.39, 0.29) is 5.41 Å². The molecule has 2 aliphatic heterocycles. The van der Waals surface area contributed by atoms with Gasteiger partial charge in [0.05, 0.1) is 6.54 Å². The van der Waals surface area contributed by atoms with E-state index >= 15 is 0 Å². The Kier molecular flexibility index (Phi) is 4.31. The van der Waals surface area contributed by atoms with E-state index in [1.54, 1.807) is 0 Å². The molecular formula is C16H28N4O. The van der Waals surface area contributed by atoms with Crippen LogP contribution in [0, 0.1) is 5.92 Å². The van der Waals surface area contributed by atoms with Crippen molar-refractivity contribution in [3.05, 3.63) is 11.7 Å². The molecule has 0 radical (unpaired) electrons. The summed E-state index contributed by atoms with van der Waals surface area (Å²) < 4.78 is 5.40. The Morgan fingerprint density at radius 1 is 1.29 bits per heavy atom. The van der Waals surface area contributed by atoms with Crippen LogP contribution >= 0.6 is 0 Å². The van der Waals surface area contributed by atoms with E-state index < -0.39 is 0 Å². The van der Waals surface area contributed by atoms with E-state index in [4.69, 9.17) is 4.52 Å². The zero-order valence-corrected chi connectivity index (χ0v) is 13.6. The Morgan fingerprint density at radius 3 is 2.81 bits per heavy atom. The van der Waals surface area contributed by atoms with Crippen LogP contribution in [0.2, 0.25) is 0 Å². The molecule has 2 aliphatic rings. The Morgan fingerprint density at radius 2 is 2.14 bits per heavy atom. The van der Waals surface area contributed by atoms with Crippen LogP contribution in [0.5, 0.6) is 0 Å². The van der Waals surface area contributed by atoms with Crippen molar-refractivity contribution < 1.29 is 4.52 Å². The van der Waals surface area contributed by atoms with Gasteiger partial charge in [0.1, 0.15) is 0 Å². The molecule has 0 saturated carbocycles. The number of likely N-dealkylation sites (tertiary alicyclic amines) is 1. The van der Waals surface area contributed by atoms with E-state index in [2.05, 4.69) is 41.1 Å². The van der Waals surface area contributed by atoms with Crippen molar-refractivity contribution in [3.8, 4) is 0 Å². The highest BCUT2D eigenvalue weighted by atomic mass is 16.5. The third kappa shape index (κ3) is 3.64. The standard InChI is InChI=1S/C16H28N4O/c1-16(2,3)15-18-14(19-21-15)11-20-9-5-6-12(10-20)13-7-4-8-17-13/h12-13,17H,4-11H2,1-3H3. The van der Waals surface area contributed by atoms with Crippen LogP contribution in [0.3, 0.4) is 0 Å². The van der Waals surface area contributed by atoms with Crippen molar-refractivity contribution in [1.82, 2.24) is 20.4 Å². The molecule has 3 rings (SSSR count). The molecule has 0 aromatic carbocycles. The first-order valence-electron chi connectivity index (χ1n) is 8.31. The highest BCUT2D eigenvalue weighted by Crippen LogP contribution is 2.26. The average molecular weight is 292 g/mol. The molecule has 0 spiro atoms. The predicted octanol–water partition coefficient (Wildman–Crippen LogP) is 2.33. The van der Waals surface area contributed by atoms with Crippen molar-refractivity contribution in [2.75, 3.05) is 19.6 Å². The SMILES string of the molecule is CC(C)(C)c1nc(CN2CCCC(C3CCCN3)C2)no1. The van der Waals surface area contributed by atoms with Crippen molar-refractivity contribution in [1.29, 1.82) is 0 Å². The number of nitrogens with zero attached hydrogens (tertiary/aromatic N) is 3. The highest BCUT2D eigenvalue weighted by Gasteiger charge is 2.30. The second kappa shape index (κ2) is 6.05. The average Bonchev–Trinajstić information content (AvgIpc) is 3.09. The van der Waals surface area contributed by atoms with Crippen molar-refractivity contribution >= 4 is 0 Å². The van der Waals surface area contributed by atoms with E-state index in [1.165, 1.54) is 32.2 Å². The molecule has 2 unspecified atom stereocenters. The Balaban J connectivity index is 1.58. The van der Waals surface area contributed by atoms with Gasteiger partial charge in [-0.1, -0.05) is 25.9 Å². The molecule has 21 heavy (non-hydrogen) atoms. The van der Waals surface area contributed by atoms with E-state index in [0.717, 1.165) is 43.3 Å². The maximum atomic E-state index is 5.40. The Labute approximate surface area is 127 Å². The lowest BCUT2D eigenvalue weighted by Gasteiger charge is -2.35. The molecular weight excluding hydrogens is 264 g/mol. The molecule has 2 fully saturated rings. The van der Waals surface area contributed by atoms with Crippen LogP contribution in [-0.2, 0) is 12.0 Å². The van der Waals surface area contributed by atoms with Crippen molar-refractivity contribution in [2.45, 2.75) is 64.5 Å². The lowest BCUT2D eigenvalue weighted by atomic mass is 9.90. The largest absolute Gasteiger partial charge is 0.339 e. The van der Waals surface area contributed by atoms with Crippen LogP contribution in [0.15, 0.2) is 4.52 Å². The Bertz CT molecular complexity index is 459. The summed E-state index contributed by atoms with van der Waals surface area (Å²) in [6.07, 6.45) is 5.32. The first-order chi connectivity index (χ1) is 10.0. The maximum Gasteiger partial charge on any atom is 0.232 e. The smallest absolute Gasteiger partial charge is 0.232 e. The molecule has 0 bridgehead atoms. The summed E-state index contributed by atoms with van der Waals surface area (Å²) in [5.74, 6) is 2.36. The number of rotatable bonds is 3. The van der Waals surface area contributed by atoms with Gasteiger partial charge in [-0.3, -0.25) is 4.90 Å². The fourth-order valence-corrected chi connectivity index (χ4v) is 3.50. The summed E-state index contributed by atoms with van der Waals surface area (Å²) in [7, 11) is 0. The van der Waals surface area contributed by atoms with Crippen molar-refractivity contribution in [3.63, 3.8) is 0 Å². The molecule has 1 aromatic rings. The molecule has 2 saturated heterocycles. The molecule has 1 N–H and O–H groups in total. The summed E-state index contributed by atoms with van der Waals surface area (Å²) in [6.45, 7) is 10.6. The summed E-state index contributed by atoms with van der Waals surface area (Å²) in [4.78, 5) is 7.05. The molecule has 0 aliphatic carbocycles. The van der Waals surface area contributed by atoms with Crippen LogP contribution in [-0.4, -0.2) is 40.7 Å². The zero-order chi connectivity index (χ0) is 14.9. The minimum atomic E-state index is -0.0660. The molecule has 2 atom stereocenters. The monoisotopic (exact) mass is 292 g/mol. The molecule has 1 aromatic heterocycles. The summed E-state index contributed by atoms with van der Waals surface area (Å²) in [5.41, 5.74) is -0.0660. The first-order valence-corrected chi connectivity index (χ1v) is 8.31. The van der Waals surface area contributed by atoms with E-state index in [9.17, 15) is 0 Å². The van der Waals surface area contributed by atoms with Gasteiger partial charge in [-0.05, 0) is 44.7 Å². The van der Waals surface area contributed by atoms with Gasteiger partial charge in [-0.15, -0.1) is 0 Å². The fourth-order valence-electron chi connectivity index (χ4n) is 3.50. The lowest BCUT2D eigenvalue weighted by Crippen LogP contribution is -2.43. The van der Waals surface area contributed by atoms with Gasteiger partial charge in [0.2, 0.25) is 5.89 Å². The van der Waals surface area contributed by atoms with Gasteiger partial charge >= 0.3 is 0 Å². The minimum Gasteiger partial charge on any atom is -0.339 e. The van der Waals surface area contributed by atoms with Gasteiger partial charge in [-0.2, -0.15) is 4.98 Å². The molecule has 0 amide bonds. The predicted molar refractivity (Wildman–Crippen MR) is 82.0 cm³/mol. The van der Waals surface area contributed by atoms with Crippen LogP contribution < -0.4 is 5.32 Å². The van der Waals surface area contributed by atoms with Gasteiger partial charge in [0, 0.05) is 18.0 Å². The molecule has 5 heteroatoms. The second-order valence-corrected chi connectivity index (χ2v) is 7.61. The maximum absolute atomic E-state index is 5.40. The van der Waals surface area contributed by atoms with Crippen LogP contribution in [0.1, 0.15) is 58.2 Å². The molecule has 3 heterocycles. The topological polar surface area (TPSA) is 54.2 Å². The number of hydrogen-bond acceptors (Lipinski definition) is 5.